The van der Waals surface area contributed by atoms with E-state index in [0.29, 0.717) is 11.3 Å². The number of benzene rings is 2. The number of anilines is 2. The third-order valence-electron chi connectivity index (χ3n) is 7.01. The van der Waals surface area contributed by atoms with Crippen LogP contribution in [0.15, 0.2) is 54.1 Å². The summed E-state index contributed by atoms with van der Waals surface area (Å²) >= 11 is 0. The van der Waals surface area contributed by atoms with Gasteiger partial charge in [-0.3, -0.25) is 14.4 Å². The normalized spacial score (nSPS) is 26.8. The molecule has 1 saturated carbocycles. The Morgan fingerprint density at radius 1 is 0.967 bits per heavy atom. The smallest absolute Gasteiger partial charge is 0.255 e. The molecule has 5 rings (SSSR count). The van der Waals surface area contributed by atoms with Gasteiger partial charge in [0.1, 0.15) is 0 Å². The molecule has 0 radical (unpaired) electrons. The summed E-state index contributed by atoms with van der Waals surface area (Å²) in [6.45, 7) is 6.07. The summed E-state index contributed by atoms with van der Waals surface area (Å²) in [5, 5.41) is 2.90. The zero-order valence-corrected chi connectivity index (χ0v) is 17.3. The van der Waals surface area contributed by atoms with Crippen molar-refractivity contribution in [2.24, 2.45) is 23.7 Å². The lowest BCUT2D eigenvalue weighted by atomic mass is 9.82. The second-order valence-corrected chi connectivity index (χ2v) is 8.78. The summed E-state index contributed by atoms with van der Waals surface area (Å²) in [5.74, 6) is -0.684. The molecule has 5 heteroatoms. The van der Waals surface area contributed by atoms with E-state index in [0.717, 1.165) is 23.2 Å². The van der Waals surface area contributed by atoms with Gasteiger partial charge in [-0.05, 0) is 80.5 Å². The van der Waals surface area contributed by atoms with Crippen molar-refractivity contribution in [2.75, 3.05) is 10.2 Å². The first-order valence-electron chi connectivity index (χ1n) is 10.4. The molecule has 3 aliphatic rings. The maximum Gasteiger partial charge on any atom is 0.255 e. The summed E-state index contributed by atoms with van der Waals surface area (Å²) in [4.78, 5) is 40.3. The summed E-state index contributed by atoms with van der Waals surface area (Å²) in [6, 6.07) is 12.5. The molecule has 2 aromatic rings. The zero-order valence-electron chi connectivity index (χ0n) is 17.3. The molecule has 1 aliphatic heterocycles. The Kier molecular flexibility index (Phi) is 4.17. The van der Waals surface area contributed by atoms with Crippen LogP contribution in [0.25, 0.3) is 0 Å². The molecule has 0 aromatic heterocycles. The lowest BCUT2D eigenvalue weighted by molar-refractivity contribution is -0.123. The van der Waals surface area contributed by atoms with Crippen LogP contribution in [-0.4, -0.2) is 17.7 Å². The minimum atomic E-state index is -0.267. The van der Waals surface area contributed by atoms with E-state index >= 15 is 0 Å². The average molecular weight is 400 g/mol. The van der Waals surface area contributed by atoms with E-state index in [1.807, 2.05) is 32.0 Å². The highest BCUT2D eigenvalue weighted by Gasteiger charge is 2.60. The van der Waals surface area contributed by atoms with Crippen LogP contribution >= 0.6 is 0 Å². The van der Waals surface area contributed by atoms with Crippen LogP contribution < -0.4 is 10.2 Å². The first-order chi connectivity index (χ1) is 14.3. The van der Waals surface area contributed by atoms with Gasteiger partial charge in [-0.2, -0.15) is 0 Å². The molecule has 0 spiro atoms. The fraction of sp³-hybridized carbons (Fsp3) is 0.320. The van der Waals surface area contributed by atoms with Crippen molar-refractivity contribution in [1.29, 1.82) is 0 Å². The number of nitrogens with one attached hydrogen (secondary N) is 1. The maximum atomic E-state index is 13.2. The second kappa shape index (κ2) is 6.66. The number of fused-ring (bicyclic) bond motifs is 5. The monoisotopic (exact) mass is 400 g/mol. The lowest BCUT2D eigenvalue weighted by Crippen LogP contribution is -2.33. The number of imide groups is 1. The van der Waals surface area contributed by atoms with Gasteiger partial charge < -0.3 is 5.32 Å². The van der Waals surface area contributed by atoms with E-state index in [4.69, 9.17) is 0 Å². The number of carbonyl (C=O) groups is 3. The highest BCUT2D eigenvalue weighted by Crippen LogP contribution is 2.55. The minimum absolute atomic E-state index is 0.128. The van der Waals surface area contributed by atoms with Crippen LogP contribution in [0, 0.1) is 37.5 Å². The first kappa shape index (κ1) is 18.8. The largest absolute Gasteiger partial charge is 0.322 e. The Labute approximate surface area is 175 Å². The zero-order chi connectivity index (χ0) is 21.2. The SMILES string of the molecule is CC1=C[C@@H]2C[C@@H]1[C@@H]1C(=O)N(c3cccc(C(=O)Nc4ccc(C)c(C)c4)c3)C(=O)[C@@H]12. The van der Waals surface area contributed by atoms with Crippen molar-refractivity contribution in [3.05, 3.63) is 70.8 Å². The topological polar surface area (TPSA) is 66.5 Å². The number of hydrogen-bond acceptors (Lipinski definition) is 3. The number of amides is 3. The molecule has 1 saturated heterocycles. The quantitative estimate of drug-likeness (QED) is 0.618. The Morgan fingerprint density at radius 2 is 1.73 bits per heavy atom. The van der Waals surface area contributed by atoms with Crippen LogP contribution in [0.1, 0.15) is 34.8 Å². The third-order valence-corrected chi connectivity index (χ3v) is 7.01. The van der Waals surface area contributed by atoms with Crippen LogP contribution in [0.4, 0.5) is 11.4 Å². The average Bonchev–Trinajstić information content (AvgIpc) is 3.35. The highest BCUT2D eigenvalue weighted by atomic mass is 16.2. The Balaban J connectivity index is 1.40. The maximum absolute atomic E-state index is 13.2. The van der Waals surface area contributed by atoms with Gasteiger partial charge >= 0.3 is 0 Å². The fourth-order valence-electron chi connectivity index (χ4n) is 5.34. The highest BCUT2D eigenvalue weighted by molar-refractivity contribution is 6.23. The summed E-state index contributed by atoms with van der Waals surface area (Å²) < 4.78 is 0. The molecule has 2 bridgehead atoms. The molecule has 30 heavy (non-hydrogen) atoms. The summed E-state index contributed by atoms with van der Waals surface area (Å²) in [7, 11) is 0. The molecule has 2 fully saturated rings. The van der Waals surface area contributed by atoms with Gasteiger partial charge in [-0.15, -0.1) is 0 Å². The van der Waals surface area contributed by atoms with E-state index in [2.05, 4.69) is 18.3 Å². The van der Waals surface area contributed by atoms with Crippen molar-refractivity contribution in [1.82, 2.24) is 0 Å². The number of allylic oxidation sites excluding steroid dienone is 2. The van der Waals surface area contributed by atoms with Crippen molar-refractivity contribution in [2.45, 2.75) is 27.2 Å². The summed E-state index contributed by atoms with van der Waals surface area (Å²) in [6.07, 6.45) is 3.07. The predicted molar refractivity (Wildman–Crippen MR) is 115 cm³/mol. The van der Waals surface area contributed by atoms with Gasteiger partial charge in [-0.25, -0.2) is 4.90 Å². The van der Waals surface area contributed by atoms with Crippen molar-refractivity contribution < 1.29 is 14.4 Å². The molecular weight excluding hydrogens is 376 g/mol. The number of aryl methyl sites for hydroxylation is 2. The van der Waals surface area contributed by atoms with Crippen molar-refractivity contribution in [3.8, 4) is 0 Å². The van der Waals surface area contributed by atoms with Gasteiger partial charge in [0.2, 0.25) is 11.8 Å². The lowest BCUT2D eigenvalue weighted by Gasteiger charge is -2.19. The molecule has 2 aliphatic carbocycles. The van der Waals surface area contributed by atoms with Gasteiger partial charge in [0.15, 0.2) is 0 Å². The van der Waals surface area contributed by atoms with Crippen LogP contribution in [-0.2, 0) is 9.59 Å². The number of hydrogen-bond donors (Lipinski definition) is 1. The number of carbonyl (C=O) groups excluding carboxylic acids is 3. The first-order valence-corrected chi connectivity index (χ1v) is 10.4. The standard InChI is InChI=1S/C25H24N2O3/c1-13-7-8-18(10-14(13)2)26-23(28)16-5-4-6-19(11-16)27-24(29)21-17-9-15(3)20(12-17)22(21)25(27)30/h4-11,17,20-22H,12H2,1-3H3,(H,26,28)/t17-,20+,21-,22+/m1/s1. The van der Waals surface area contributed by atoms with Crippen LogP contribution in [0.5, 0.6) is 0 Å². The molecule has 152 valence electrons. The predicted octanol–water partition coefficient (Wildman–Crippen LogP) is 4.26. The molecule has 0 unspecified atom stereocenters. The fourth-order valence-corrected chi connectivity index (χ4v) is 5.34. The van der Waals surface area contributed by atoms with Crippen LogP contribution in [0.3, 0.4) is 0 Å². The van der Waals surface area contributed by atoms with E-state index < -0.39 is 0 Å². The number of nitrogens with zero attached hydrogens (tertiary/aromatic N) is 1. The Morgan fingerprint density at radius 3 is 2.50 bits per heavy atom. The number of rotatable bonds is 3. The molecule has 2 aromatic carbocycles. The molecule has 5 nitrogen and oxygen atoms in total. The van der Waals surface area contributed by atoms with Gasteiger partial charge in [-0.1, -0.05) is 23.8 Å². The van der Waals surface area contributed by atoms with Gasteiger partial charge in [0, 0.05) is 11.3 Å². The Hall–Kier alpha value is -3.21. The molecule has 1 N–H and O–H groups in total. The van der Waals surface area contributed by atoms with E-state index in [-0.39, 0.29) is 41.4 Å². The molecule has 3 amide bonds. The van der Waals surface area contributed by atoms with Crippen molar-refractivity contribution in [3.63, 3.8) is 0 Å². The molecular formula is C25H24N2O3. The molecule has 4 atom stereocenters. The van der Waals surface area contributed by atoms with E-state index in [1.165, 1.54) is 10.5 Å². The third kappa shape index (κ3) is 2.72. The van der Waals surface area contributed by atoms with Gasteiger partial charge in [0.05, 0.1) is 17.5 Å². The second-order valence-electron chi connectivity index (χ2n) is 8.78. The van der Waals surface area contributed by atoms with Gasteiger partial charge in [0.25, 0.3) is 5.91 Å². The van der Waals surface area contributed by atoms with E-state index in [1.54, 1.807) is 24.3 Å². The summed E-state index contributed by atoms with van der Waals surface area (Å²) in [5.41, 5.74) is 5.09. The van der Waals surface area contributed by atoms with E-state index in [9.17, 15) is 14.4 Å². The Bertz CT molecular complexity index is 1130. The minimum Gasteiger partial charge on any atom is -0.322 e. The molecule has 1 heterocycles. The van der Waals surface area contributed by atoms with Crippen LogP contribution in [0.2, 0.25) is 0 Å². The van der Waals surface area contributed by atoms with Crippen molar-refractivity contribution >= 4 is 29.1 Å².